The SMILES string of the molecule is COCCCCN1C(=O)NC(=O)C12CCCC2. The van der Waals surface area contributed by atoms with Crippen LogP contribution in [0.5, 0.6) is 0 Å². The van der Waals surface area contributed by atoms with Crippen molar-refractivity contribution in [1.82, 2.24) is 10.2 Å². The molecule has 3 amide bonds. The minimum atomic E-state index is -0.524. The van der Waals surface area contributed by atoms with Gasteiger partial charge in [-0.25, -0.2) is 4.79 Å². The van der Waals surface area contributed by atoms with Gasteiger partial charge in [0, 0.05) is 20.3 Å². The Morgan fingerprint density at radius 2 is 2.00 bits per heavy atom. The van der Waals surface area contributed by atoms with E-state index in [9.17, 15) is 9.59 Å². The smallest absolute Gasteiger partial charge is 0.325 e. The predicted octanol–water partition coefficient (Wildman–Crippen LogP) is 1.28. The van der Waals surface area contributed by atoms with Gasteiger partial charge in [0.05, 0.1) is 0 Å². The molecule has 96 valence electrons. The maximum absolute atomic E-state index is 11.9. The van der Waals surface area contributed by atoms with Gasteiger partial charge in [-0.05, 0) is 25.7 Å². The normalized spacial score (nSPS) is 22.5. The summed E-state index contributed by atoms with van der Waals surface area (Å²) in [6.07, 6.45) is 5.51. The second-order valence-electron chi connectivity index (χ2n) is 4.85. The summed E-state index contributed by atoms with van der Waals surface area (Å²) in [4.78, 5) is 25.4. The van der Waals surface area contributed by atoms with E-state index >= 15 is 0 Å². The fourth-order valence-corrected chi connectivity index (χ4v) is 2.89. The molecule has 2 rings (SSSR count). The first kappa shape index (κ1) is 12.4. The van der Waals surface area contributed by atoms with Crippen LogP contribution in [0.15, 0.2) is 0 Å². The van der Waals surface area contributed by atoms with E-state index in [0.717, 1.165) is 38.5 Å². The third-order valence-corrected chi connectivity index (χ3v) is 3.82. The quantitative estimate of drug-likeness (QED) is 0.581. The first-order valence-electron chi connectivity index (χ1n) is 6.33. The van der Waals surface area contributed by atoms with Crippen molar-refractivity contribution in [2.24, 2.45) is 0 Å². The highest BCUT2D eigenvalue weighted by molar-refractivity contribution is 6.07. The number of carbonyl (C=O) groups is 2. The molecule has 1 aliphatic heterocycles. The largest absolute Gasteiger partial charge is 0.385 e. The van der Waals surface area contributed by atoms with Crippen LogP contribution in [-0.2, 0) is 9.53 Å². The highest BCUT2D eigenvalue weighted by Crippen LogP contribution is 2.38. The lowest BCUT2D eigenvalue weighted by molar-refractivity contribution is -0.126. The Bertz CT molecular complexity index is 311. The second-order valence-corrected chi connectivity index (χ2v) is 4.85. The molecular weight excluding hydrogens is 220 g/mol. The van der Waals surface area contributed by atoms with Gasteiger partial charge >= 0.3 is 6.03 Å². The molecule has 0 bridgehead atoms. The number of hydrogen-bond acceptors (Lipinski definition) is 3. The zero-order chi connectivity index (χ0) is 12.3. The number of nitrogens with one attached hydrogen (secondary N) is 1. The number of nitrogens with zero attached hydrogens (tertiary/aromatic N) is 1. The molecule has 17 heavy (non-hydrogen) atoms. The topological polar surface area (TPSA) is 58.6 Å². The van der Waals surface area contributed by atoms with Gasteiger partial charge in [0.25, 0.3) is 5.91 Å². The molecule has 1 aliphatic carbocycles. The van der Waals surface area contributed by atoms with Crippen LogP contribution in [0.1, 0.15) is 38.5 Å². The van der Waals surface area contributed by atoms with Crippen LogP contribution in [0.2, 0.25) is 0 Å². The van der Waals surface area contributed by atoms with Crippen LogP contribution in [0.25, 0.3) is 0 Å². The Morgan fingerprint density at radius 1 is 1.29 bits per heavy atom. The average molecular weight is 240 g/mol. The third kappa shape index (κ3) is 2.16. The molecule has 0 aromatic rings. The van der Waals surface area contributed by atoms with E-state index in [1.807, 2.05) is 0 Å². The molecule has 5 heteroatoms. The lowest BCUT2D eigenvalue weighted by atomic mass is 9.96. The maximum Gasteiger partial charge on any atom is 0.325 e. The van der Waals surface area contributed by atoms with E-state index in [0.29, 0.717) is 13.2 Å². The standard InChI is InChI=1S/C12H20N2O3/c1-17-9-5-4-8-14-11(16)13-10(15)12(14)6-2-3-7-12/h2-9H2,1H3,(H,13,15,16). The molecule has 1 N–H and O–H groups in total. The molecule has 1 saturated heterocycles. The van der Waals surface area contributed by atoms with Crippen LogP contribution >= 0.6 is 0 Å². The molecule has 5 nitrogen and oxygen atoms in total. The van der Waals surface area contributed by atoms with Crippen LogP contribution < -0.4 is 5.32 Å². The summed E-state index contributed by atoms with van der Waals surface area (Å²) in [5.74, 6) is -0.0910. The fraction of sp³-hybridized carbons (Fsp3) is 0.833. The molecule has 0 aromatic heterocycles. The van der Waals surface area contributed by atoms with Crippen molar-refractivity contribution in [3.05, 3.63) is 0 Å². The van der Waals surface area contributed by atoms with E-state index < -0.39 is 5.54 Å². The van der Waals surface area contributed by atoms with Gasteiger partial charge in [0.15, 0.2) is 0 Å². The molecule has 0 unspecified atom stereocenters. The van der Waals surface area contributed by atoms with Gasteiger partial charge < -0.3 is 9.64 Å². The number of ether oxygens (including phenoxy) is 1. The van der Waals surface area contributed by atoms with Crippen LogP contribution in [0.3, 0.4) is 0 Å². The number of carbonyl (C=O) groups excluding carboxylic acids is 2. The van der Waals surface area contributed by atoms with E-state index in [4.69, 9.17) is 4.74 Å². The van der Waals surface area contributed by atoms with E-state index in [2.05, 4.69) is 5.32 Å². The monoisotopic (exact) mass is 240 g/mol. The number of imide groups is 1. The summed E-state index contributed by atoms with van der Waals surface area (Å²) in [6.45, 7) is 1.36. The molecule has 0 atom stereocenters. The number of amides is 3. The van der Waals surface area contributed by atoms with Gasteiger partial charge in [-0.3, -0.25) is 10.1 Å². The van der Waals surface area contributed by atoms with Crippen molar-refractivity contribution in [3.63, 3.8) is 0 Å². The zero-order valence-corrected chi connectivity index (χ0v) is 10.3. The average Bonchev–Trinajstić information content (AvgIpc) is 2.86. The Kier molecular flexibility index (Phi) is 3.66. The minimum absolute atomic E-state index is 0.0910. The number of methoxy groups -OCH3 is 1. The molecule has 0 radical (unpaired) electrons. The van der Waals surface area contributed by atoms with Gasteiger partial charge in [-0.1, -0.05) is 12.8 Å². The summed E-state index contributed by atoms with van der Waals surface area (Å²) < 4.78 is 4.99. The molecule has 0 aromatic carbocycles. The number of urea groups is 1. The Balaban J connectivity index is 1.97. The minimum Gasteiger partial charge on any atom is -0.385 e. The van der Waals surface area contributed by atoms with Crippen molar-refractivity contribution in [2.75, 3.05) is 20.3 Å². The highest BCUT2D eigenvalue weighted by atomic mass is 16.5. The summed E-state index contributed by atoms with van der Waals surface area (Å²) in [6, 6.07) is -0.214. The first-order valence-corrected chi connectivity index (χ1v) is 6.33. The van der Waals surface area contributed by atoms with Crippen LogP contribution in [0, 0.1) is 0 Å². The van der Waals surface area contributed by atoms with Crippen LogP contribution in [-0.4, -0.2) is 42.6 Å². The highest BCUT2D eigenvalue weighted by Gasteiger charge is 2.53. The van der Waals surface area contributed by atoms with E-state index in [1.54, 1.807) is 12.0 Å². The van der Waals surface area contributed by atoms with E-state index in [1.165, 1.54) is 0 Å². The lowest BCUT2D eigenvalue weighted by Gasteiger charge is -2.31. The summed E-state index contributed by atoms with van der Waals surface area (Å²) in [5, 5.41) is 2.46. The summed E-state index contributed by atoms with van der Waals surface area (Å²) >= 11 is 0. The molecule has 1 saturated carbocycles. The number of rotatable bonds is 5. The van der Waals surface area contributed by atoms with E-state index in [-0.39, 0.29) is 11.9 Å². The van der Waals surface area contributed by atoms with Crippen molar-refractivity contribution < 1.29 is 14.3 Å². The molecule has 2 fully saturated rings. The Labute approximate surface area is 101 Å². The third-order valence-electron chi connectivity index (χ3n) is 3.82. The predicted molar refractivity (Wildman–Crippen MR) is 62.6 cm³/mol. The van der Waals surface area contributed by atoms with Crippen molar-refractivity contribution in [3.8, 4) is 0 Å². The fourth-order valence-electron chi connectivity index (χ4n) is 2.89. The summed E-state index contributed by atoms with van der Waals surface area (Å²) in [5.41, 5.74) is -0.524. The zero-order valence-electron chi connectivity index (χ0n) is 10.3. The Morgan fingerprint density at radius 3 is 2.65 bits per heavy atom. The van der Waals surface area contributed by atoms with Crippen molar-refractivity contribution >= 4 is 11.9 Å². The second kappa shape index (κ2) is 5.04. The molecule has 1 heterocycles. The van der Waals surface area contributed by atoms with Gasteiger partial charge in [0.2, 0.25) is 0 Å². The van der Waals surface area contributed by atoms with Crippen LogP contribution in [0.4, 0.5) is 4.79 Å². The molecule has 2 aliphatic rings. The number of unbranched alkanes of at least 4 members (excludes halogenated alkanes) is 1. The van der Waals surface area contributed by atoms with Crippen molar-refractivity contribution in [2.45, 2.75) is 44.1 Å². The lowest BCUT2D eigenvalue weighted by Crippen LogP contribution is -2.47. The summed E-state index contributed by atoms with van der Waals surface area (Å²) in [7, 11) is 1.67. The van der Waals surface area contributed by atoms with Crippen molar-refractivity contribution in [1.29, 1.82) is 0 Å². The number of hydrogen-bond donors (Lipinski definition) is 1. The molecule has 1 spiro atoms. The van der Waals surface area contributed by atoms with Gasteiger partial charge in [-0.15, -0.1) is 0 Å². The first-order chi connectivity index (χ1) is 8.20. The molecular formula is C12H20N2O3. The Hall–Kier alpha value is -1.10. The van der Waals surface area contributed by atoms with Gasteiger partial charge in [-0.2, -0.15) is 0 Å². The maximum atomic E-state index is 11.9. The van der Waals surface area contributed by atoms with Gasteiger partial charge in [0.1, 0.15) is 5.54 Å².